The van der Waals surface area contributed by atoms with Crippen LogP contribution < -0.4 is 0 Å². The van der Waals surface area contributed by atoms with Gasteiger partial charge in [0, 0.05) is 5.41 Å². The molecule has 0 spiro atoms. The van der Waals surface area contributed by atoms with Gasteiger partial charge in [-0.05, 0) is 0 Å². The van der Waals surface area contributed by atoms with E-state index in [1.165, 1.54) is 12.4 Å². The van der Waals surface area contributed by atoms with Gasteiger partial charge < -0.3 is 5.11 Å². The summed E-state index contributed by atoms with van der Waals surface area (Å²) in [5.41, 5.74) is -0.268. The Bertz CT molecular complexity index is 266. The second-order valence-electron chi connectivity index (χ2n) is 3.76. The van der Waals surface area contributed by atoms with Crippen LogP contribution in [0.15, 0.2) is 25.3 Å². The van der Waals surface area contributed by atoms with E-state index in [4.69, 9.17) is 0 Å². The second-order valence-corrected chi connectivity index (χ2v) is 3.76. The fourth-order valence-corrected chi connectivity index (χ4v) is 1.14. The van der Waals surface area contributed by atoms with Crippen LogP contribution in [-0.4, -0.2) is 26.0 Å². The smallest absolute Gasteiger partial charge is 0.137 e. The van der Waals surface area contributed by atoms with Crippen molar-refractivity contribution in [3.05, 3.63) is 25.3 Å². The molecule has 0 bridgehead atoms. The Kier molecular flexibility index (Phi) is 2.83. The van der Waals surface area contributed by atoms with Crippen molar-refractivity contribution >= 4 is 0 Å². The fourth-order valence-electron chi connectivity index (χ4n) is 1.14. The van der Waals surface area contributed by atoms with Gasteiger partial charge >= 0.3 is 0 Å². The summed E-state index contributed by atoms with van der Waals surface area (Å²) in [7, 11) is 0. The van der Waals surface area contributed by atoms with Gasteiger partial charge in [0.2, 0.25) is 0 Å². The van der Waals surface area contributed by atoms with E-state index < -0.39 is 6.10 Å². The van der Waals surface area contributed by atoms with Gasteiger partial charge in [0.15, 0.2) is 0 Å². The third-order valence-corrected chi connectivity index (χ3v) is 2.06. The lowest BCUT2D eigenvalue weighted by Gasteiger charge is -2.27. The van der Waals surface area contributed by atoms with Gasteiger partial charge in [-0.25, -0.2) is 4.98 Å². The average Bonchev–Trinajstić information content (AvgIpc) is 2.54. The molecule has 1 atom stereocenters. The number of rotatable bonds is 4. The monoisotopic (exact) mass is 181 g/mol. The molecule has 0 aliphatic carbocycles. The maximum Gasteiger partial charge on any atom is 0.137 e. The second kappa shape index (κ2) is 3.70. The molecule has 0 fully saturated rings. The van der Waals surface area contributed by atoms with E-state index in [0.29, 0.717) is 6.54 Å². The Balaban J connectivity index is 2.66. The predicted molar refractivity (Wildman–Crippen MR) is 50.0 cm³/mol. The van der Waals surface area contributed by atoms with Crippen LogP contribution in [0.2, 0.25) is 0 Å². The molecule has 0 amide bonds. The zero-order chi connectivity index (χ0) is 9.90. The van der Waals surface area contributed by atoms with Crippen molar-refractivity contribution in [1.29, 1.82) is 0 Å². The molecule has 0 saturated carbocycles. The summed E-state index contributed by atoms with van der Waals surface area (Å²) in [5.74, 6) is 0. The molecule has 72 valence electrons. The molecule has 1 unspecified atom stereocenters. The lowest BCUT2D eigenvalue weighted by atomic mass is 9.86. The van der Waals surface area contributed by atoms with Crippen molar-refractivity contribution in [3.8, 4) is 0 Å². The largest absolute Gasteiger partial charge is 0.388 e. The van der Waals surface area contributed by atoms with Crippen LogP contribution in [0.25, 0.3) is 0 Å². The first-order valence-electron chi connectivity index (χ1n) is 4.19. The fraction of sp³-hybridized carbons (Fsp3) is 0.556. The first kappa shape index (κ1) is 9.92. The minimum Gasteiger partial charge on any atom is -0.388 e. The highest BCUT2D eigenvalue weighted by Crippen LogP contribution is 2.23. The van der Waals surface area contributed by atoms with E-state index in [1.54, 1.807) is 11.0 Å². The van der Waals surface area contributed by atoms with Crippen molar-refractivity contribution in [1.82, 2.24) is 14.8 Å². The van der Waals surface area contributed by atoms with Crippen LogP contribution in [0.3, 0.4) is 0 Å². The third-order valence-electron chi connectivity index (χ3n) is 2.06. The topological polar surface area (TPSA) is 50.9 Å². The standard InChI is InChI=1S/C9H15N3O/c1-4-8(13)9(2,3)5-12-7-10-6-11-12/h4,6-8,13H,1,5H2,2-3H3. The van der Waals surface area contributed by atoms with E-state index >= 15 is 0 Å². The van der Waals surface area contributed by atoms with Gasteiger partial charge in [-0.15, -0.1) is 6.58 Å². The molecule has 1 aromatic rings. The highest BCUT2D eigenvalue weighted by molar-refractivity contribution is 4.90. The van der Waals surface area contributed by atoms with Crippen LogP contribution in [0.4, 0.5) is 0 Å². The summed E-state index contributed by atoms with van der Waals surface area (Å²) in [6, 6.07) is 0. The molecule has 1 aromatic heterocycles. The van der Waals surface area contributed by atoms with Gasteiger partial charge in [0.05, 0.1) is 12.6 Å². The van der Waals surface area contributed by atoms with Crippen LogP contribution in [0, 0.1) is 5.41 Å². The van der Waals surface area contributed by atoms with Crippen LogP contribution >= 0.6 is 0 Å². The van der Waals surface area contributed by atoms with E-state index in [1.807, 2.05) is 13.8 Å². The van der Waals surface area contributed by atoms with Crippen molar-refractivity contribution in [3.63, 3.8) is 0 Å². The molecule has 0 aliphatic heterocycles. The molecule has 1 rings (SSSR count). The molecule has 0 saturated heterocycles. The number of aromatic nitrogens is 3. The SMILES string of the molecule is C=CC(O)C(C)(C)Cn1cncn1. The maximum absolute atomic E-state index is 9.60. The molecule has 0 aromatic carbocycles. The molecule has 4 heteroatoms. The minimum atomic E-state index is -0.531. The summed E-state index contributed by atoms with van der Waals surface area (Å²) in [6.45, 7) is 8.10. The molecule has 1 heterocycles. The Morgan fingerprint density at radius 2 is 2.38 bits per heavy atom. The van der Waals surface area contributed by atoms with E-state index in [-0.39, 0.29) is 5.41 Å². The van der Waals surface area contributed by atoms with Gasteiger partial charge in [-0.1, -0.05) is 19.9 Å². The van der Waals surface area contributed by atoms with Gasteiger partial charge in [0.25, 0.3) is 0 Å². The Labute approximate surface area is 77.9 Å². The lowest BCUT2D eigenvalue weighted by molar-refractivity contribution is 0.0732. The van der Waals surface area contributed by atoms with E-state index in [9.17, 15) is 5.11 Å². The quantitative estimate of drug-likeness (QED) is 0.701. The summed E-state index contributed by atoms with van der Waals surface area (Å²) in [6.07, 6.45) is 4.13. The third kappa shape index (κ3) is 2.39. The van der Waals surface area contributed by atoms with Crippen molar-refractivity contribution in [2.75, 3.05) is 0 Å². The number of hydrogen-bond acceptors (Lipinski definition) is 3. The van der Waals surface area contributed by atoms with Crippen molar-refractivity contribution < 1.29 is 5.11 Å². The molecule has 13 heavy (non-hydrogen) atoms. The number of hydrogen-bond donors (Lipinski definition) is 1. The summed E-state index contributed by atoms with van der Waals surface area (Å²) in [4.78, 5) is 3.84. The van der Waals surface area contributed by atoms with Crippen molar-refractivity contribution in [2.45, 2.75) is 26.5 Å². The highest BCUT2D eigenvalue weighted by atomic mass is 16.3. The summed E-state index contributed by atoms with van der Waals surface area (Å²) < 4.78 is 1.70. The number of aliphatic hydroxyl groups excluding tert-OH is 1. The van der Waals surface area contributed by atoms with Crippen LogP contribution in [-0.2, 0) is 6.54 Å². The molecule has 0 aliphatic rings. The van der Waals surface area contributed by atoms with Gasteiger partial charge in [-0.3, -0.25) is 4.68 Å². The Hall–Kier alpha value is -1.16. The van der Waals surface area contributed by atoms with Crippen LogP contribution in [0.1, 0.15) is 13.8 Å². The number of nitrogens with zero attached hydrogens (tertiary/aromatic N) is 3. The zero-order valence-electron chi connectivity index (χ0n) is 8.01. The average molecular weight is 181 g/mol. The normalized spacial score (nSPS) is 14.1. The molecular formula is C9H15N3O. The van der Waals surface area contributed by atoms with Crippen LogP contribution in [0.5, 0.6) is 0 Å². The van der Waals surface area contributed by atoms with E-state index in [2.05, 4.69) is 16.7 Å². The first-order chi connectivity index (χ1) is 6.06. The summed E-state index contributed by atoms with van der Waals surface area (Å²) >= 11 is 0. The molecule has 1 N–H and O–H groups in total. The predicted octanol–water partition coefficient (Wildman–Crippen LogP) is 0.851. The van der Waals surface area contributed by atoms with Gasteiger partial charge in [0.1, 0.15) is 12.7 Å². The summed E-state index contributed by atoms with van der Waals surface area (Å²) in [5, 5.41) is 13.6. The first-order valence-corrected chi connectivity index (χ1v) is 4.19. The molecular weight excluding hydrogens is 166 g/mol. The minimum absolute atomic E-state index is 0.268. The van der Waals surface area contributed by atoms with E-state index in [0.717, 1.165) is 0 Å². The molecule has 4 nitrogen and oxygen atoms in total. The maximum atomic E-state index is 9.60. The zero-order valence-corrected chi connectivity index (χ0v) is 8.01. The van der Waals surface area contributed by atoms with Gasteiger partial charge in [-0.2, -0.15) is 5.10 Å². The highest BCUT2D eigenvalue weighted by Gasteiger charge is 2.26. The Morgan fingerprint density at radius 1 is 1.69 bits per heavy atom. The van der Waals surface area contributed by atoms with Crippen molar-refractivity contribution in [2.24, 2.45) is 5.41 Å². The lowest BCUT2D eigenvalue weighted by Crippen LogP contribution is -2.32. The Morgan fingerprint density at radius 3 is 2.85 bits per heavy atom. The molecule has 0 radical (unpaired) electrons. The number of aliphatic hydroxyl groups is 1.